The number of aryl methyl sites for hydroxylation is 2. The summed E-state index contributed by atoms with van der Waals surface area (Å²) in [5, 5.41) is 6.73. The molecule has 0 saturated heterocycles. The smallest absolute Gasteiger partial charge is 0.263 e. The molecule has 1 aromatic carbocycles. The Labute approximate surface area is 176 Å². The van der Waals surface area contributed by atoms with Crippen molar-refractivity contribution >= 4 is 11.6 Å². The van der Waals surface area contributed by atoms with Gasteiger partial charge in [0.05, 0.1) is 6.20 Å². The third kappa shape index (κ3) is 3.85. The standard InChI is InChI=1S/C22H18N6O3/c29-19(25-16-7-6-14-3-1-4-15(14)11-16)13-28-10-2-5-17(22(28)30)21-26-20(27-31-21)18-12-23-8-9-24-18/h2,5-12H,1,3-4,13H2,(H,25,29). The first kappa shape index (κ1) is 18.9. The molecular formula is C22H18N6O3. The maximum atomic E-state index is 12.9. The van der Waals surface area contributed by atoms with Gasteiger partial charge in [-0.25, -0.2) is 4.98 Å². The van der Waals surface area contributed by atoms with Crippen molar-refractivity contribution in [3.63, 3.8) is 0 Å². The van der Waals surface area contributed by atoms with Gasteiger partial charge in [-0.1, -0.05) is 11.2 Å². The second kappa shape index (κ2) is 7.94. The molecule has 9 nitrogen and oxygen atoms in total. The molecule has 0 saturated carbocycles. The molecule has 5 rings (SSSR count). The van der Waals surface area contributed by atoms with E-state index >= 15 is 0 Å². The highest BCUT2D eigenvalue weighted by Gasteiger charge is 2.17. The van der Waals surface area contributed by atoms with Gasteiger partial charge in [0.1, 0.15) is 17.8 Å². The normalized spacial score (nSPS) is 12.5. The highest BCUT2D eigenvalue weighted by molar-refractivity contribution is 5.90. The van der Waals surface area contributed by atoms with Gasteiger partial charge >= 0.3 is 0 Å². The van der Waals surface area contributed by atoms with Crippen molar-refractivity contribution < 1.29 is 9.32 Å². The van der Waals surface area contributed by atoms with Gasteiger partial charge in [-0.05, 0) is 54.7 Å². The molecule has 0 radical (unpaired) electrons. The second-order valence-electron chi connectivity index (χ2n) is 7.25. The average molecular weight is 414 g/mol. The molecule has 0 bridgehead atoms. The minimum absolute atomic E-state index is 0.0547. The number of pyridine rings is 1. The lowest BCUT2D eigenvalue weighted by Crippen LogP contribution is -2.28. The summed E-state index contributed by atoms with van der Waals surface area (Å²) >= 11 is 0. The van der Waals surface area contributed by atoms with E-state index in [1.165, 1.54) is 34.3 Å². The Kier molecular flexibility index (Phi) is 4.83. The fourth-order valence-corrected chi connectivity index (χ4v) is 3.68. The van der Waals surface area contributed by atoms with Crippen LogP contribution in [0.2, 0.25) is 0 Å². The zero-order valence-corrected chi connectivity index (χ0v) is 16.5. The summed E-state index contributed by atoms with van der Waals surface area (Å²) in [5.41, 5.74) is 3.58. The summed E-state index contributed by atoms with van der Waals surface area (Å²) in [5.74, 6) is -0.00531. The van der Waals surface area contributed by atoms with Gasteiger partial charge in [0.25, 0.3) is 11.4 Å². The van der Waals surface area contributed by atoms with Crippen molar-refractivity contribution in [2.24, 2.45) is 0 Å². The molecule has 0 unspecified atom stereocenters. The van der Waals surface area contributed by atoms with Crippen molar-refractivity contribution in [3.8, 4) is 23.0 Å². The summed E-state index contributed by atoms with van der Waals surface area (Å²) in [6.45, 7) is -0.130. The van der Waals surface area contributed by atoms with Crippen molar-refractivity contribution in [2.45, 2.75) is 25.8 Å². The maximum Gasteiger partial charge on any atom is 0.263 e. The number of hydrogen-bond acceptors (Lipinski definition) is 7. The highest BCUT2D eigenvalue weighted by atomic mass is 16.5. The van der Waals surface area contributed by atoms with Gasteiger partial charge in [0.2, 0.25) is 11.7 Å². The van der Waals surface area contributed by atoms with E-state index in [9.17, 15) is 9.59 Å². The van der Waals surface area contributed by atoms with Crippen LogP contribution in [-0.2, 0) is 24.2 Å². The number of carbonyl (C=O) groups excluding carboxylic acids is 1. The van der Waals surface area contributed by atoms with E-state index in [0.717, 1.165) is 24.9 Å². The molecular weight excluding hydrogens is 396 g/mol. The first-order valence-electron chi connectivity index (χ1n) is 9.89. The monoisotopic (exact) mass is 414 g/mol. The van der Waals surface area contributed by atoms with Crippen LogP contribution < -0.4 is 10.9 Å². The van der Waals surface area contributed by atoms with Crippen molar-refractivity contribution in [2.75, 3.05) is 5.32 Å². The fraction of sp³-hybridized carbons (Fsp3) is 0.182. The van der Waals surface area contributed by atoms with Crippen LogP contribution in [0.15, 0.2) is 64.4 Å². The quantitative estimate of drug-likeness (QED) is 0.533. The van der Waals surface area contributed by atoms with Crippen LogP contribution in [0.25, 0.3) is 23.0 Å². The number of hydrogen-bond donors (Lipinski definition) is 1. The minimum Gasteiger partial charge on any atom is -0.333 e. The van der Waals surface area contributed by atoms with E-state index in [-0.39, 0.29) is 29.7 Å². The third-order valence-corrected chi connectivity index (χ3v) is 5.17. The van der Waals surface area contributed by atoms with E-state index in [0.29, 0.717) is 5.69 Å². The van der Waals surface area contributed by atoms with Crippen molar-refractivity contribution in [1.29, 1.82) is 0 Å². The predicted octanol–water partition coefficient (Wildman–Crippen LogP) is 2.48. The Morgan fingerprint density at radius 2 is 2.06 bits per heavy atom. The van der Waals surface area contributed by atoms with Crippen LogP contribution in [0.5, 0.6) is 0 Å². The van der Waals surface area contributed by atoms with E-state index < -0.39 is 5.56 Å². The van der Waals surface area contributed by atoms with E-state index in [2.05, 4.69) is 31.5 Å². The van der Waals surface area contributed by atoms with Crippen molar-refractivity contribution in [3.05, 3.63) is 76.6 Å². The molecule has 4 aromatic rings. The van der Waals surface area contributed by atoms with E-state index in [4.69, 9.17) is 4.52 Å². The van der Waals surface area contributed by atoms with Gasteiger partial charge in [0.15, 0.2) is 0 Å². The second-order valence-corrected chi connectivity index (χ2v) is 7.25. The van der Waals surface area contributed by atoms with Crippen LogP contribution in [0.3, 0.4) is 0 Å². The fourth-order valence-electron chi connectivity index (χ4n) is 3.68. The summed E-state index contributed by atoms with van der Waals surface area (Å²) in [6.07, 6.45) is 9.36. The number of benzene rings is 1. The topological polar surface area (TPSA) is 116 Å². The lowest BCUT2D eigenvalue weighted by Gasteiger charge is -2.09. The number of anilines is 1. The molecule has 0 spiro atoms. The molecule has 3 heterocycles. The maximum absolute atomic E-state index is 12.9. The lowest BCUT2D eigenvalue weighted by molar-refractivity contribution is -0.116. The average Bonchev–Trinajstić information content (AvgIpc) is 3.45. The number of aromatic nitrogens is 5. The third-order valence-electron chi connectivity index (χ3n) is 5.17. The van der Waals surface area contributed by atoms with Crippen LogP contribution in [0.1, 0.15) is 17.5 Å². The number of carbonyl (C=O) groups is 1. The SMILES string of the molecule is O=C(Cn1cccc(-c2nc(-c3cnccn3)no2)c1=O)Nc1ccc2c(c1)CCC2. The Morgan fingerprint density at radius 1 is 1.16 bits per heavy atom. The number of fused-ring (bicyclic) bond motifs is 1. The number of nitrogens with one attached hydrogen (secondary N) is 1. The number of nitrogens with zero attached hydrogens (tertiary/aromatic N) is 5. The molecule has 3 aromatic heterocycles. The molecule has 1 amide bonds. The molecule has 1 N–H and O–H groups in total. The van der Waals surface area contributed by atoms with Crippen LogP contribution >= 0.6 is 0 Å². The highest BCUT2D eigenvalue weighted by Crippen LogP contribution is 2.25. The predicted molar refractivity (Wildman–Crippen MR) is 112 cm³/mol. The molecule has 1 aliphatic carbocycles. The zero-order valence-electron chi connectivity index (χ0n) is 16.5. The minimum atomic E-state index is -0.402. The van der Waals surface area contributed by atoms with E-state index in [1.54, 1.807) is 18.3 Å². The molecule has 154 valence electrons. The van der Waals surface area contributed by atoms with Crippen LogP contribution in [0, 0.1) is 0 Å². The van der Waals surface area contributed by atoms with Crippen molar-refractivity contribution in [1.82, 2.24) is 24.7 Å². The van der Waals surface area contributed by atoms with Gasteiger partial charge in [-0.2, -0.15) is 4.98 Å². The molecule has 9 heteroatoms. The summed E-state index contributed by atoms with van der Waals surface area (Å²) < 4.78 is 6.55. The Bertz CT molecular complexity index is 1310. The zero-order chi connectivity index (χ0) is 21.2. The Balaban J connectivity index is 1.34. The molecule has 0 aliphatic heterocycles. The molecule has 0 atom stereocenters. The van der Waals surface area contributed by atoms with E-state index in [1.807, 2.05) is 12.1 Å². The van der Waals surface area contributed by atoms with Crippen LogP contribution in [-0.4, -0.2) is 30.6 Å². The number of amides is 1. The lowest BCUT2D eigenvalue weighted by atomic mass is 10.1. The van der Waals surface area contributed by atoms with Crippen LogP contribution in [0.4, 0.5) is 5.69 Å². The summed E-state index contributed by atoms with van der Waals surface area (Å²) in [7, 11) is 0. The first-order valence-corrected chi connectivity index (χ1v) is 9.89. The Hall–Kier alpha value is -4.14. The Morgan fingerprint density at radius 3 is 2.94 bits per heavy atom. The summed E-state index contributed by atoms with van der Waals surface area (Å²) in [4.78, 5) is 37.7. The van der Waals surface area contributed by atoms with Gasteiger partial charge in [-0.15, -0.1) is 0 Å². The molecule has 1 aliphatic rings. The molecule has 0 fully saturated rings. The van der Waals surface area contributed by atoms with Gasteiger partial charge < -0.3 is 14.4 Å². The summed E-state index contributed by atoms with van der Waals surface area (Å²) in [6, 6.07) is 9.19. The first-order chi connectivity index (χ1) is 15.2. The molecule has 31 heavy (non-hydrogen) atoms. The largest absolute Gasteiger partial charge is 0.333 e. The van der Waals surface area contributed by atoms with Gasteiger partial charge in [-0.3, -0.25) is 14.6 Å². The van der Waals surface area contributed by atoms with Gasteiger partial charge in [0, 0.05) is 24.3 Å². The number of rotatable bonds is 5.